The van der Waals surface area contributed by atoms with Gasteiger partial charge < -0.3 is 66.0 Å². The van der Waals surface area contributed by atoms with Crippen molar-refractivity contribution in [3.05, 3.63) is 154 Å². The average Bonchev–Trinajstić information content (AvgIpc) is 0.722. The first-order valence-electron chi connectivity index (χ1n) is 37.7. The fourth-order valence-corrected chi connectivity index (χ4v) is 16.8. The van der Waals surface area contributed by atoms with Crippen LogP contribution in [0.1, 0.15) is 170 Å². The van der Waals surface area contributed by atoms with Gasteiger partial charge in [-0.3, -0.25) is 44.2 Å². The molecule has 0 radical (unpaired) electrons. The highest BCUT2D eigenvalue weighted by molar-refractivity contribution is 6.01. The second kappa shape index (κ2) is 36.8. The molecule has 10 rings (SSSR count). The molecule has 2 fully saturated rings. The number of urea groups is 1. The van der Waals surface area contributed by atoms with Crippen LogP contribution in [0.4, 0.5) is 26.7 Å². The molecule has 5 aromatic carbocycles. The summed E-state index contributed by atoms with van der Waals surface area (Å²) in [5, 5.41) is 30.1. The molecule has 5 aliphatic rings. The second-order valence-corrected chi connectivity index (χ2v) is 30.2. The van der Waals surface area contributed by atoms with Crippen molar-refractivity contribution >= 4 is 70.5 Å². The number of ether oxygens (including phenoxy) is 5. The number of rotatable bonds is 33. The van der Waals surface area contributed by atoms with Gasteiger partial charge in [-0.15, -0.1) is 0 Å². The average molecular weight is 1470 g/mol. The number of primary amides is 1. The van der Waals surface area contributed by atoms with Gasteiger partial charge in [0.2, 0.25) is 41.4 Å². The number of anilines is 3. The lowest BCUT2D eigenvalue weighted by molar-refractivity contribution is -0.150. The van der Waals surface area contributed by atoms with E-state index in [2.05, 4.69) is 62.9 Å². The Morgan fingerprint density at radius 3 is 1.80 bits per heavy atom. The molecule has 1 aliphatic heterocycles. The number of hydrogen-bond donors (Lipinski definition) is 9. The third kappa shape index (κ3) is 20.1. The van der Waals surface area contributed by atoms with Crippen LogP contribution < -0.4 is 47.9 Å². The van der Waals surface area contributed by atoms with Crippen molar-refractivity contribution in [3.8, 4) is 17.6 Å². The smallest absolute Gasteiger partial charge is 0.411 e. The van der Waals surface area contributed by atoms with Gasteiger partial charge in [0.15, 0.2) is 0 Å². The van der Waals surface area contributed by atoms with Crippen molar-refractivity contribution < 1.29 is 71.9 Å². The molecule has 24 nitrogen and oxygen atoms in total. The van der Waals surface area contributed by atoms with Crippen molar-refractivity contribution in [2.24, 2.45) is 34.3 Å². The quantitative estimate of drug-likeness (QED) is 0.0107. The van der Waals surface area contributed by atoms with Crippen LogP contribution >= 0.6 is 0 Å². The summed E-state index contributed by atoms with van der Waals surface area (Å²) in [6.07, 6.45) is 7.60. The Hall–Kier alpha value is -9.67. The van der Waals surface area contributed by atoms with Crippen LogP contribution in [0.25, 0.3) is 0 Å². The molecule has 10 amide bonds. The highest BCUT2D eigenvalue weighted by Gasteiger charge is 2.59. The molecule has 8 atom stereocenters. The van der Waals surface area contributed by atoms with Crippen LogP contribution in [0.15, 0.2) is 109 Å². The molecule has 572 valence electrons. The van der Waals surface area contributed by atoms with Gasteiger partial charge in [-0.05, 0) is 181 Å². The van der Waals surface area contributed by atoms with Crippen molar-refractivity contribution in [2.45, 2.75) is 174 Å². The summed E-state index contributed by atoms with van der Waals surface area (Å²) in [5.74, 6) is 3.75. The summed E-state index contributed by atoms with van der Waals surface area (Å²) in [7, 11) is 0. The van der Waals surface area contributed by atoms with Crippen molar-refractivity contribution in [1.82, 2.24) is 26.6 Å². The largest absolute Gasteiger partial charge is 0.508 e. The summed E-state index contributed by atoms with van der Waals surface area (Å²) in [4.78, 5) is 123. The van der Waals surface area contributed by atoms with Crippen molar-refractivity contribution in [2.75, 3.05) is 81.5 Å². The lowest BCUT2D eigenvalue weighted by Gasteiger charge is -2.56. The minimum absolute atomic E-state index is 0.00526. The van der Waals surface area contributed by atoms with Crippen LogP contribution in [0.2, 0.25) is 0 Å². The highest BCUT2D eigenvalue weighted by Crippen LogP contribution is 2.60. The minimum Gasteiger partial charge on any atom is -0.508 e. The monoisotopic (exact) mass is 1470 g/mol. The predicted octanol–water partition coefficient (Wildman–Crippen LogP) is 9.82. The van der Waals surface area contributed by atoms with E-state index in [1.807, 2.05) is 92.7 Å². The maximum absolute atomic E-state index is 14.8. The Kier molecular flexibility index (Phi) is 27.4. The Labute approximate surface area is 627 Å². The Balaban J connectivity index is 0.602. The van der Waals surface area contributed by atoms with Gasteiger partial charge in [-0.2, -0.15) is 0 Å². The molecule has 0 unspecified atom stereocenters. The molecule has 1 heterocycles. The molecule has 107 heavy (non-hydrogen) atoms. The molecule has 0 bridgehead atoms. The topological polar surface area (TPSA) is 333 Å². The van der Waals surface area contributed by atoms with Crippen LogP contribution in [-0.4, -0.2) is 137 Å². The molecule has 0 spiro atoms. The SMILES string of the molecule is CC(C)[C@H](NC(=O)CCOCCOCCOCCOCCNC(=O)CCC(=O)N1Cc2ccccc2C#Cc2ccccc21)C(=O)N[C@@H](CCCNC(N)=O)C(=O)Nc1ccc(COC(=O)Nc2ccc3c(c2)[C@@]2(C)CCC[C@](C)(C(=O)NC(=O)[C@@]4(C)CCC[C@]5(C)c6cc(O)ccc6CC[C@@H]45)[C@@H]2CC3)cc1. The number of phenolic OH excluding ortho intramolecular Hbond substituents is 1. The number of carbonyl (C=O) groups excluding carboxylic acids is 9. The Morgan fingerprint density at radius 2 is 1.16 bits per heavy atom. The van der Waals surface area contributed by atoms with E-state index in [0.29, 0.717) is 62.8 Å². The maximum atomic E-state index is 14.8. The second-order valence-electron chi connectivity index (χ2n) is 30.2. The van der Waals surface area contributed by atoms with E-state index in [4.69, 9.17) is 29.4 Å². The predicted molar refractivity (Wildman–Crippen MR) is 405 cm³/mol. The van der Waals surface area contributed by atoms with E-state index in [1.165, 1.54) is 5.56 Å². The molecular formula is C83H105N9O15. The molecule has 10 N–H and O–H groups in total. The van der Waals surface area contributed by atoms with Crippen LogP contribution in [0.3, 0.4) is 0 Å². The zero-order valence-electron chi connectivity index (χ0n) is 62.6. The Morgan fingerprint density at radius 1 is 0.579 bits per heavy atom. The molecule has 2 saturated carbocycles. The van der Waals surface area contributed by atoms with E-state index in [1.54, 1.807) is 49.1 Å². The van der Waals surface area contributed by atoms with Crippen molar-refractivity contribution in [1.29, 1.82) is 0 Å². The number of nitrogens with one attached hydrogen (secondary N) is 7. The third-order valence-electron chi connectivity index (χ3n) is 22.6. The first kappa shape index (κ1) is 79.9. The van der Waals surface area contributed by atoms with Gasteiger partial charge >= 0.3 is 12.1 Å². The van der Waals surface area contributed by atoms with Gasteiger partial charge in [0.1, 0.15) is 24.4 Å². The number of imide groups is 1. The van der Waals surface area contributed by atoms with E-state index in [0.717, 1.165) is 90.4 Å². The highest BCUT2D eigenvalue weighted by atomic mass is 16.6. The number of amides is 10. The fraction of sp³-hybridized carbons (Fsp3) is 0.506. The van der Waals surface area contributed by atoms with Crippen LogP contribution in [-0.2, 0) is 94.1 Å². The number of aromatic hydroxyl groups is 1. The lowest BCUT2D eigenvalue weighted by Crippen LogP contribution is -2.60. The molecule has 4 aliphatic carbocycles. The van der Waals surface area contributed by atoms with Gasteiger partial charge in [0, 0.05) is 54.9 Å². The molecular weight excluding hydrogens is 1360 g/mol. The number of para-hydroxylation sites is 1. The first-order valence-corrected chi connectivity index (χ1v) is 37.7. The van der Waals surface area contributed by atoms with E-state index < -0.39 is 58.2 Å². The summed E-state index contributed by atoms with van der Waals surface area (Å²) in [6, 6.07) is 30.6. The normalized spacial score (nSPS) is 21.5. The summed E-state index contributed by atoms with van der Waals surface area (Å²) >= 11 is 0. The summed E-state index contributed by atoms with van der Waals surface area (Å²) in [6.45, 7) is 14.7. The molecule has 0 saturated heterocycles. The number of aryl methyl sites for hydroxylation is 2. The molecule has 5 aromatic rings. The number of nitrogens with two attached hydrogens (primary N) is 1. The van der Waals surface area contributed by atoms with E-state index in [-0.39, 0.29) is 131 Å². The van der Waals surface area contributed by atoms with Gasteiger partial charge in [-0.1, -0.05) is 121 Å². The Bertz CT molecular complexity index is 4100. The van der Waals surface area contributed by atoms with Gasteiger partial charge in [-0.25, -0.2) is 9.59 Å². The van der Waals surface area contributed by atoms with E-state index >= 15 is 0 Å². The fourth-order valence-electron chi connectivity index (χ4n) is 16.8. The maximum Gasteiger partial charge on any atom is 0.411 e. The number of fused-ring (bicyclic) bond motifs is 8. The van der Waals surface area contributed by atoms with Gasteiger partial charge in [0.25, 0.3) is 0 Å². The number of benzene rings is 5. The lowest BCUT2D eigenvalue weighted by atomic mass is 9.49. The molecule has 0 aromatic heterocycles. The van der Waals surface area contributed by atoms with E-state index in [9.17, 15) is 48.3 Å². The number of carbonyl (C=O) groups is 9. The number of nitrogens with zero attached hydrogens (tertiary/aromatic N) is 1. The first-order chi connectivity index (χ1) is 51.4. The van der Waals surface area contributed by atoms with Crippen molar-refractivity contribution in [3.63, 3.8) is 0 Å². The molecule has 24 heteroatoms. The van der Waals surface area contributed by atoms with Gasteiger partial charge in [0.05, 0.1) is 75.9 Å². The third-order valence-corrected chi connectivity index (χ3v) is 22.6. The number of hydrogen-bond acceptors (Lipinski definition) is 15. The number of phenols is 1. The van der Waals surface area contributed by atoms with Crippen LogP contribution in [0, 0.1) is 40.4 Å². The summed E-state index contributed by atoms with van der Waals surface area (Å²) in [5.41, 5.74) is 12.4. The standard InChI is InChI=1S/C83H105N9O15/c1-54(2)73(90-71(95)35-42-103-44-46-105-48-49-106-47-45-104-43-41-85-70(94)33-34-72(96)92-52-60-16-8-7-14-56(60)21-22-59-15-9-10-18-67(59)92)75(98)89-66(17-11-40-86-78(84)101)74(97)87-61-27-19-55(20-28-61)53-107-79(102)88-62-29-23-57-25-31-68-80(3,64(57)50-62)36-12-38-82(68,5)76(99)91-77(100)83(6)39-13-37-81(4)65-51-63(93)30-24-58(65)26-32-69(81)83/h7-10,14-16,18-20,23-24,27-30,50-51,54,66,68-69,73,93H,11-13,17,25-26,31-49,52-53H2,1-6H3,(H,85,94)(H,87,97)(H,88,102)(H,89,98)(H,90,95)(H3,84,86,101)(H,91,99,100)/t66-,68+,69+,73-,80+,81+,82-,83-/m0/s1. The minimum atomic E-state index is -1.08. The zero-order chi connectivity index (χ0) is 76.3. The zero-order valence-corrected chi connectivity index (χ0v) is 62.6. The summed E-state index contributed by atoms with van der Waals surface area (Å²) < 4.78 is 28.1. The van der Waals surface area contributed by atoms with Crippen LogP contribution in [0.5, 0.6) is 5.75 Å².